The number of carbonyl (C=O) groups excluding carboxylic acids is 2. The van der Waals surface area contributed by atoms with Gasteiger partial charge in [-0.25, -0.2) is 0 Å². The molecule has 0 fully saturated rings. The maximum atomic E-state index is 11.1. The third-order valence-corrected chi connectivity index (χ3v) is 14.8. The minimum atomic E-state index is -2.52. The summed E-state index contributed by atoms with van der Waals surface area (Å²) in [4.78, 5) is 26.4. The molecule has 0 aromatic heterocycles. The summed E-state index contributed by atoms with van der Waals surface area (Å²) in [5.41, 5.74) is 0. The first kappa shape index (κ1) is 11.5. The van der Waals surface area contributed by atoms with Gasteiger partial charge in [-0.05, 0) is 0 Å². The Labute approximate surface area is 86.1 Å². The average molecular weight is 250 g/mol. The minimum absolute atomic E-state index is 0.731. The SMILES string of the molecule is C[Si](C)(C)[Fe](=[C]=O)(=[C]=O)[C]1=CC=CC1. The molecule has 0 saturated carbocycles. The van der Waals surface area contributed by atoms with E-state index in [-0.39, 0.29) is 0 Å². The van der Waals surface area contributed by atoms with Crippen LogP contribution in [0.2, 0.25) is 19.6 Å². The van der Waals surface area contributed by atoms with Crippen LogP contribution in [0.5, 0.6) is 0 Å². The van der Waals surface area contributed by atoms with Crippen molar-refractivity contribution < 1.29 is 20.9 Å². The van der Waals surface area contributed by atoms with Crippen molar-refractivity contribution in [3.63, 3.8) is 0 Å². The number of hydrogen-bond donors (Lipinski definition) is 0. The fraction of sp³-hybridized carbons (Fsp3) is 0.400. The number of rotatable bonds is 2. The van der Waals surface area contributed by atoms with E-state index in [4.69, 9.17) is 0 Å². The van der Waals surface area contributed by atoms with Gasteiger partial charge in [0.15, 0.2) is 0 Å². The molecule has 1 aliphatic rings. The third-order valence-electron chi connectivity index (χ3n) is 2.07. The Hall–Kier alpha value is -0.624. The van der Waals surface area contributed by atoms with Crippen LogP contribution in [0.15, 0.2) is 22.7 Å². The van der Waals surface area contributed by atoms with Crippen molar-refractivity contribution in [1.82, 2.24) is 0 Å². The monoisotopic (exact) mass is 250 g/mol. The fourth-order valence-electron chi connectivity index (χ4n) is 1.28. The predicted molar refractivity (Wildman–Crippen MR) is 56.6 cm³/mol. The van der Waals surface area contributed by atoms with Crippen molar-refractivity contribution in [2.24, 2.45) is 0 Å². The summed E-state index contributed by atoms with van der Waals surface area (Å²) in [6.45, 7) is 4.30. The van der Waals surface area contributed by atoms with E-state index in [1.54, 1.807) is 0 Å². The van der Waals surface area contributed by atoms with Crippen molar-refractivity contribution in [2.75, 3.05) is 0 Å². The molecule has 78 valence electrons. The molecule has 0 heterocycles. The van der Waals surface area contributed by atoms with Gasteiger partial charge in [-0.15, -0.1) is 0 Å². The molecule has 4 heteroatoms. The zero-order chi connectivity index (χ0) is 10.8. The quantitative estimate of drug-likeness (QED) is 0.702. The molecule has 0 aromatic rings. The molecule has 0 atom stereocenters. The first-order chi connectivity index (χ1) is 6.48. The Morgan fingerprint density at radius 3 is 2.14 bits per heavy atom. The van der Waals surface area contributed by atoms with Gasteiger partial charge >= 0.3 is 85.9 Å². The van der Waals surface area contributed by atoms with Crippen molar-refractivity contribution >= 4 is 16.3 Å². The van der Waals surface area contributed by atoms with Crippen molar-refractivity contribution in [3.05, 3.63) is 22.7 Å². The molecule has 0 spiro atoms. The van der Waals surface area contributed by atoms with Crippen LogP contribution in [0.25, 0.3) is 0 Å². The second-order valence-electron chi connectivity index (χ2n) is 3.94. The molecule has 0 saturated heterocycles. The Balaban J connectivity index is 3.53. The van der Waals surface area contributed by atoms with Crippen LogP contribution < -0.4 is 0 Å². The first-order valence-electron chi connectivity index (χ1n) is 4.33. The molecule has 0 radical (unpaired) electrons. The topological polar surface area (TPSA) is 34.1 Å². The van der Waals surface area contributed by atoms with Gasteiger partial charge in [0.25, 0.3) is 0 Å². The molecule has 0 aromatic carbocycles. The summed E-state index contributed by atoms with van der Waals surface area (Å²) >= 11 is -2.52. The molecule has 0 N–H and O–H groups in total. The van der Waals surface area contributed by atoms with Crippen LogP contribution in [0, 0.1) is 0 Å². The average Bonchev–Trinajstić information content (AvgIpc) is 2.58. The Morgan fingerprint density at radius 2 is 1.86 bits per heavy atom. The van der Waals surface area contributed by atoms with Crippen molar-refractivity contribution in [3.8, 4) is 0 Å². The summed E-state index contributed by atoms with van der Waals surface area (Å²) < 4.78 is 0.974. The second kappa shape index (κ2) is 3.86. The second-order valence-corrected chi connectivity index (χ2v) is 18.0. The summed E-state index contributed by atoms with van der Waals surface area (Å²) in [5.74, 6) is 0. The summed E-state index contributed by atoms with van der Waals surface area (Å²) in [6, 6.07) is 0. The molecule has 0 aliphatic heterocycles. The molecule has 0 amide bonds. The van der Waals surface area contributed by atoms with Crippen LogP contribution in [-0.2, 0) is 20.9 Å². The van der Waals surface area contributed by atoms with E-state index < -0.39 is 18.0 Å². The third kappa shape index (κ3) is 1.63. The van der Waals surface area contributed by atoms with E-state index in [1.165, 1.54) is 0 Å². The summed E-state index contributed by atoms with van der Waals surface area (Å²) in [6.07, 6.45) is 6.51. The molecule has 0 bridgehead atoms. The van der Waals surface area contributed by atoms with Crippen molar-refractivity contribution in [1.29, 1.82) is 0 Å². The van der Waals surface area contributed by atoms with E-state index in [0.29, 0.717) is 0 Å². The van der Waals surface area contributed by atoms with Crippen LogP contribution in [0.4, 0.5) is 0 Å². The Kier molecular flexibility index (Phi) is 3.16. The molecule has 2 nitrogen and oxygen atoms in total. The molecular formula is C10H14FeO2Si. The zero-order valence-corrected chi connectivity index (χ0v) is 10.7. The summed E-state index contributed by atoms with van der Waals surface area (Å²) in [7, 11) is 0. The van der Waals surface area contributed by atoms with Gasteiger partial charge in [-0.1, -0.05) is 0 Å². The first-order valence-corrected chi connectivity index (χ1v) is 11.0. The Bertz CT molecular complexity index is 441. The van der Waals surface area contributed by atoms with Gasteiger partial charge in [0, 0.05) is 0 Å². The number of hydrogen-bond acceptors (Lipinski definition) is 2. The number of allylic oxidation sites excluding steroid dienone is 4. The van der Waals surface area contributed by atoms with Gasteiger partial charge in [0.05, 0.1) is 0 Å². The van der Waals surface area contributed by atoms with Crippen LogP contribution in [-0.4, -0.2) is 16.3 Å². The van der Waals surface area contributed by atoms with E-state index in [0.717, 1.165) is 10.9 Å². The maximum absolute atomic E-state index is 11.1. The Morgan fingerprint density at radius 1 is 1.29 bits per heavy atom. The van der Waals surface area contributed by atoms with Gasteiger partial charge < -0.3 is 0 Å². The van der Waals surface area contributed by atoms with Crippen LogP contribution in [0.1, 0.15) is 6.42 Å². The van der Waals surface area contributed by atoms with E-state index in [9.17, 15) is 9.59 Å². The normalized spacial score (nSPS) is 17.2. The molecule has 1 rings (SSSR count). The molecule has 0 unspecified atom stereocenters. The standard InChI is InChI=1S/C5H5.C3H9Si.2CO.Fe/c1-2-4-5-3-1;1-4(2)3;2*1-2;/h1-3H,4H2;1-3H3;;;. The molecular weight excluding hydrogens is 236 g/mol. The van der Waals surface area contributed by atoms with Gasteiger partial charge in [-0.2, -0.15) is 0 Å². The van der Waals surface area contributed by atoms with E-state index >= 15 is 0 Å². The van der Waals surface area contributed by atoms with Gasteiger partial charge in [-0.3, -0.25) is 0 Å². The van der Waals surface area contributed by atoms with Crippen LogP contribution in [0.3, 0.4) is 0 Å². The molecule has 1 aliphatic carbocycles. The van der Waals surface area contributed by atoms with E-state index in [1.807, 2.05) is 37.9 Å². The van der Waals surface area contributed by atoms with Gasteiger partial charge in [0.1, 0.15) is 0 Å². The fourth-order valence-corrected chi connectivity index (χ4v) is 9.34. The molecule has 14 heavy (non-hydrogen) atoms. The van der Waals surface area contributed by atoms with E-state index in [2.05, 4.69) is 9.57 Å². The summed E-state index contributed by atoms with van der Waals surface area (Å²) in [5, 5.41) is 0. The van der Waals surface area contributed by atoms with Crippen molar-refractivity contribution in [2.45, 2.75) is 26.1 Å². The zero-order valence-electron chi connectivity index (χ0n) is 8.61. The predicted octanol–water partition coefficient (Wildman–Crippen LogP) is 1.95. The van der Waals surface area contributed by atoms with Crippen LogP contribution >= 0.6 is 0 Å². The van der Waals surface area contributed by atoms with Gasteiger partial charge in [0.2, 0.25) is 0 Å².